The second kappa shape index (κ2) is 10.1. The summed E-state index contributed by atoms with van der Waals surface area (Å²) in [6.07, 6.45) is 0. The molecule has 0 aliphatic rings. The predicted molar refractivity (Wildman–Crippen MR) is 109 cm³/mol. The largest absolute Gasteiger partial charge is 0.352 e. The molecule has 2 aromatic carbocycles. The molecule has 2 aromatic rings. The first kappa shape index (κ1) is 20.9. The van der Waals surface area contributed by atoms with Crippen molar-refractivity contribution < 1.29 is 9.72 Å². The van der Waals surface area contributed by atoms with Gasteiger partial charge in [0.05, 0.1) is 18.0 Å². The highest BCUT2D eigenvalue weighted by atomic mass is 16.6. The molecule has 0 aliphatic heterocycles. The normalized spacial score (nSPS) is 11.0. The SMILES string of the molecule is Cc1ccccc1CNC(=NCc1ccc([N+](=O)[O-])cc1)NCC(=O)N(C)C. The number of amides is 1. The summed E-state index contributed by atoms with van der Waals surface area (Å²) in [5, 5.41) is 17.0. The van der Waals surface area contributed by atoms with E-state index in [1.165, 1.54) is 17.0 Å². The van der Waals surface area contributed by atoms with Crippen molar-refractivity contribution in [3.63, 3.8) is 0 Å². The van der Waals surface area contributed by atoms with Crippen LogP contribution >= 0.6 is 0 Å². The third-order valence-corrected chi connectivity index (χ3v) is 4.18. The molecule has 0 aromatic heterocycles. The highest BCUT2D eigenvalue weighted by molar-refractivity contribution is 5.86. The minimum Gasteiger partial charge on any atom is -0.352 e. The van der Waals surface area contributed by atoms with Crippen LogP contribution in [0.1, 0.15) is 16.7 Å². The van der Waals surface area contributed by atoms with Gasteiger partial charge in [-0.1, -0.05) is 36.4 Å². The number of benzene rings is 2. The number of likely N-dealkylation sites (N-methyl/N-ethyl adjacent to an activating group) is 1. The lowest BCUT2D eigenvalue weighted by molar-refractivity contribution is -0.384. The van der Waals surface area contributed by atoms with Crippen LogP contribution in [0, 0.1) is 17.0 Å². The Morgan fingerprint density at radius 2 is 1.79 bits per heavy atom. The number of hydrogen-bond donors (Lipinski definition) is 2. The van der Waals surface area contributed by atoms with Gasteiger partial charge in [0.15, 0.2) is 5.96 Å². The molecule has 0 spiro atoms. The number of aryl methyl sites for hydroxylation is 1. The zero-order valence-corrected chi connectivity index (χ0v) is 16.3. The standard InChI is InChI=1S/C20H25N5O3/c1-15-6-4-5-7-17(15)13-22-20(23-14-19(26)24(2)3)21-12-16-8-10-18(11-9-16)25(27)28/h4-11H,12-14H2,1-3H3,(H2,21,22,23). The Labute approximate surface area is 164 Å². The van der Waals surface area contributed by atoms with E-state index < -0.39 is 4.92 Å². The molecule has 2 rings (SSSR count). The molecule has 0 radical (unpaired) electrons. The van der Waals surface area contributed by atoms with Gasteiger partial charge in [-0.3, -0.25) is 14.9 Å². The maximum atomic E-state index is 11.9. The van der Waals surface area contributed by atoms with Crippen molar-refractivity contribution >= 4 is 17.6 Å². The summed E-state index contributed by atoms with van der Waals surface area (Å²) in [6, 6.07) is 14.3. The van der Waals surface area contributed by atoms with Crippen LogP contribution in [-0.4, -0.2) is 42.3 Å². The van der Waals surface area contributed by atoms with E-state index >= 15 is 0 Å². The Morgan fingerprint density at radius 3 is 2.39 bits per heavy atom. The van der Waals surface area contributed by atoms with Gasteiger partial charge >= 0.3 is 0 Å². The molecular weight excluding hydrogens is 358 g/mol. The van der Waals surface area contributed by atoms with Crippen LogP contribution in [-0.2, 0) is 17.9 Å². The van der Waals surface area contributed by atoms with Crippen molar-refractivity contribution in [1.29, 1.82) is 0 Å². The minimum absolute atomic E-state index is 0.0420. The van der Waals surface area contributed by atoms with Gasteiger partial charge in [0.25, 0.3) is 5.69 Å². The number of rotatable bonds is 7. The van der Waals surface area contributed by atoms with Crippen LogP contribution in [0.15, 0.2) is 53.5 Å². The second-order valence-corrected chi connectivity index (χ2v) is 6.51. The summed E-state index contributed by atoms with van der Waals surface area (Å²) in [5.41, 5.74) is 3.17. The number of nitrogens with one attached hydrogen (secondary N) is 2. The summed E-state index contributed by atoms with van der Waals surface area (Å²) in [5.74, 6) is 0.428. The Hall–Kier alpha value is -3.42. The predicted octanol–water partition coefficient (Wildman–Crippen LogP) is 2.23. The lowest BCUT2D eigenvalue weighted by Crippen LogP contribution is -2.42. The first-order valence-corrected chi connectivity index (χ1v) is 8.87. The average molecular weight is 383 g/mol. The fraction of sp³-hybridized carbons (Fsp3) is 0.300. The first-order valence-electron chi connectivity index (χ1n) is 8.87. The molecule has 0 fully saturated rings. The van der Waals surface area contributed by atoms with E-state index in [1.54, 1.807) is 26.2 Å². The Balaban J connectivity index is 2.07. The highest BCUT2D eigenvalue weighted by Gasteiger charge is 2.08. The van der Waals surface area contributed by atoms with Crippen LogP contribution < -0.4 is 10.6 Å². The maximum Gasteiger partial charge on any atom is 0.269 e. The molecule has 2 N–H and O–H groups in total. The van der Waals surface area contributed by atoms with Crippen molar-refractivity contribution in [2.24, 2.45) is 4.99 Å². The Kier molecular flexibility index (Phi) is 7.50. The van der Waals surface area contributed by atoms with E-state index in [2.05, 4.69) is 15.6 Å². The van der Waals surface area contributed by atoms with Crippen LogP contribution in [0.3, 0.4) is 0 Å². The molecule has 28 heavy (non-hydrogen) atoms. The summed E-state index contributed by atoms with van der Waals surface area (Å²) in [6.45, 7) is 3.05. The van der Waals surface area contributed by atoms with E-state index in [9.17, 15) is 14.9 Å². The molecule has 8 heteroatoms. The number of nitro benzene ring substituents is 1. The summed E-state index contributed by atoms with van der Waals surface area (Å²) < 4.78 is 0. The third kappa shape index (κ3) is 6.39. The van der Waals surface area contributed by atoms with Gasteiger partial charge in [-0.05, 0) is 23.6 Å². The number of nitro groups is 1. The van der Waals surface area contributed by atoms with Crippen LogP contribution in [0.4, 0.5) is 5.69 Å². The number of carbonyl (C=O) groups excluding carboxylic acids is 1. The van der Waals surface area contributed by atoms with E-state index in [0.717, 1.165) is 16.7 Å². The van der Waals surface area contributed by atoms with Crippen molar-refractivity contribution in [3.05, 3.63) is 75.3 Å². The topological polar surface area (TPSA) is 99.9 Å². The molecule has 0 atom stereocenters. The van der Waals surface area contributed by atoms with Gasteiger partial charge in [-0.25, -0.2) is 4.99 Å². The minimum atomic E-state index is -0.434. The average Bonchev–Trinajstić information content (AvgIpc) is 2.68. The summed E-state index contributed by atoms with van der Waals surface area (Å²) in [4.78, 5) is 28.2. The van der Waals surface area contributed by atoms with Gasteiger partial charge in [0.2, 0.25) is 5.91 Å². The van der Waals surface area contributed by atoms with E-state index in [0.29, 0.717) is 19.0 Å². The fourth-order valence-electron chi connectivity index (χ4n) is 2.37. The monoisotopic (exact) mass is 383 g/mol. The molecular formula is C20H25N5O3. The Morgan fingerprint density at radius 1 is 1.11 bits per heavy atom. The van der Waals surface area contributed by atoms with Gasteiger partial charge < -0.3 is 15.5 Å². The zero-order chi connectivity index (χ0) is 20.5. The zero-order valence-electron chi connectivity index (χ0n) is 16.3. The van der Waals surface area contributed by atoms with Gasteiger partial charge in [-0.15, -0.1) is 0 Å². The third-order valence-electron chi connectivity index (χ3n) is 4.18. The van der Waals surface area contributed by atoms with Crippen LogP contribution in [0.25, 0.3) is 0 Å². The van der Waals surface area contributed by atoms with Gasteiger partial charge in [0.1, 0.15) is 0 Å². The summed E-state index contributed by atoms with van der Waals surface area (Å²) >= 11 is 0. The number of guanidine groups is 1. The van der Waals surface area contributed by atoms with E-state index in [-0.39, 0.29) is 18.1 Å². The molecule has 1 amide bonds. The molecule has 0 unspecified atom stereocenters. The number of carbonyl (C=O) groups is 1. The van der Waals surface area contributed by atoms with Gasteiger partial charge in [-0.2, -0.15) is 0 Å². The van der Waals surface area contributed by atoms with E-state index in [4.69, 9.17) is 0 Å². The van der Waals surface area contributed by atoms with Crippen molar-refractivity contribution in [2.75, 3.05) is 20.6 Å². The van der Waals surface area contributed by atoms with Gasteiger partial charge in [0, 0.05) is 32.8 Å². The van der Waals surface area contributed by atoms with Crippen molar-refractivity contribution in [2.45, 2.75) is 20.0 Å². The molecule has 0 saturated heterocycles. The maximum absolute atomic E-state index is 11.9. The smallest absolute Gasteiger partial charge is 0.269 e. The molecule has 0 bridgehead atoms. The molecule has 8 nitrogen and oxygen atoms in total. The first-order chi connectivity index (χ1) is 13.4. The molecule has 0 heterocycles. The number of hydrogen-bond acceptors (Lipinski definition) is 4. The lowest BCUT2D eigenvalue weighted by Gasteiger charge is -2.15. The summed E-state index contributed by atoms with van der Waals surface area (Å²) in [7, 11) is 3.39. The molecule has 148 valence electrons. The number of aliphatic imine (C=N–C) groups is 1. The lowest BCUT2D eigenvalue weighted by atomic mass is 10.1. The number of nitrogens with zero attached hydrogens (tertiary/aromatic N) is 3. The molecule has 0 aliphatic carbocycles. The van der Waals surface area contributed by atoms with Crippen molar-refractivity contribution in [1.82, 2.24) is 15.5 Å². The number of non-ortho nitro benzene ring substituents is 1. The van der Waals surface area contributed by atoms with Crippen LogP contribution in [0.2, 0.25) is 0 Å². The fourth-order valence-corrected chi connectivity index (χ4v) is 2.37. The highest BCUT2D eigenvalue weighted by Crippen LogP contribution is 2.12. The second-order valence-electron chi connectivity index (χ2n) is 6.51. The molecule has 0 saturated carbocycles. The van der Waals surface area contributed by atoms with E-state index in [1.807, 2.05) is 31.2 Å². The quantitative estimate of drug-likeness (QED) is 0.331. The van der Waals surface area contributed by atoms with Crippen molar-refractivity contribution in [3.8, 4) is 0 Å². The Bertz CT molecular complexity index is 847. The van der Waals surface area contributed by atoms with Crippen LogP contribution in [0.5, 0.6) is 0 Å².